The van der Waals surface area contributed by atoms with E-state index >= 15 is 0 Å². The molecule has 1 aromatic rings. The average molecular weight is 290 g/mol. The quantitative estimate of drug-likeness (QED) is 0.873. The Labute approximate surface area is 127 Å². The summed E-state index contributed by atoms with van der Waals surface area (Å²) in [6, 6.07) is 8.38. The number of carbonyl (C=O) groups is 1. The van der Waals surface area contributed by atoms with Crippen LogP contribution in [0.4, 0.5) is 0 Å². The summed E-state index contributed by atoms with van der Waals surface area (Å²) in [6.07, 6.45) is 2.28. The van der Waals surface area contributed by atoms with Gasteiger partial charge in [-0.15, -0.1) is 0 Å². The number of amides is 1. The molecule has 21 heavy (non-hydrogen) atoms. The molecule has 1 heterocycles. The van der Waals surface area contributed by atoms with Crippen LogP contribution < -0.4 is 11.1 Å². The number of hydrogen-bond donors (Lipinski definition) is 2. The fraction of sp³-hybridized carbons (Fsp3) is 0.588. The van der Waals surface area contributed by atoms with Crippen molar-refractivity contribution in [2.75, 3.05) is 6.54 Å². The molecule has 4 heteroatoms. The standard InChI is InChI=1S/C17H26N2O2/c1-4-12-5-7-13(8-6-12)17(2,3)19-16(20)15-10-9-14(11-18)21-15/h5-8,14-15H,4,9-11,18H2,1-3H3,(H,19,20)/t14-,15+/m1/s1. The molecule has 0 spiro atoms. The van der Waals surface area contributed by atoms with Gasteiger partial charge in [0.25, 0.3) is 0 Å². The number of hydrogen-bond acceptors (Lipinski definition) is 3. The van der Waals surface area contributed by atoms with E-state index in [1.807, 2.05) is 13.8 Å². The maximum atomic E-state index is 12.3. The van der Waals surface area contributed by atoms with Crippen molar-refractivity contribution < 1.29 is 9.53 Å². The van der Waals surface area contributed by atoms with E-state index in [2.05, 4.69) is 36.5 Å². The van der Waals surface area contributed by atoms with Crippen LogP contribution in [0.25, 0.3) is 0 Å². The predicted octanol–water partition coefficient (Wildman–Crippen LogP) is 2.11. The molecule has 0 aliphatic carbocycles. The number of aryl methyl sites for hydroxylation is 1. The summed E-state index contributed by atoms with van der Waals surface area (Å²) in [6.45, 7) is 6.64. The van der Waals surface area contributed by atoms with E-state index in [1.54, 1.807) is 0 Å². The second-order valence-electron chi connectivity index (χ2n) is 6.22. The van der Waals surface area contributed by atoms with Gasteiger partial charge in [-0.05, 0) is 44.2 Å². The van der Waals surface area contributed by atoms with Gasteiger partial charge in [0, 0.05) is 6.54 Å². The van der Waals surface area contributed by atoms with E-state index in [4.69, 9.17) is 10.5 Å². The summed E-state index contributed by atoms with van der Waals surface area (Å²) in [5, 5.41) is 3.09. The topological polar surface area (TPSA) is 64.4 Å². The third-order valence-corrected chi connectivity index (χ3v) is 4.18. The van der Waals surface area contributed by atoms with Gasteiger partial charge >= 0.3 is 0 Å². The summed E-state index contributed by atoms with van der Waals surface area (Å²) in [5.74, 6) is -0.0458. The molecule has 1 amide bonds. The molecule has 1 aliphatic heterocycles. The molecule has 0 unspecified atom stereocenters. The van der Waals surface area contributed by atoms with Crippen molar-refractivity contribution in [3.63, 3.8) is 0 Å². The lowest BCUT2D eigenvalue weighted by atomic mass is 9.92. The molecule has 1 aliphatic rings. The number of nitrogens with one attached hydrogen (secondary N) is 1. The molecule has 1 fully saturated rings. The van der Waals surface area contributed by atoms with E-state index in [0.717, 1.165) is 24.8 Å². The van der Waals surface area contributed by atoms with Crippen LogP contribution in [0, 0.1) is 0 Å². The number of ether oxygens (including phenoxy) is 1. The van der Waals surface area contributed by atoms with E-state index in [0.29, 0.717) is 6.54 Å². The Balaban J connectivity index is 2.00. The summed E-state index contributed by atoms with van der Waals surface area (Å²) < 4.78 is 5.65. The van der Waals surface area contributed by atoms with E-state index in [9.17, 15) is 4.79 Å². The molecule has 116 valence electrons. The van der Waals surface area contributed by atoms with Crippen LogP contribution in [-0.4, -0.2) is 24.7 Å². The van der Waals surface area contributed by atoms with Crippen molar-refractivity contribution >= 4 is 5.91 Å². The first-order valence-corrected chi connectivity index (χ1v) is 7.73. The predicted molar refractivity (Wildman–Crippen MR) is 83.9 cm³/mol. The van der Waals surface area contributed by atoms with E-state index in [1.165, 1.54) is 5.56 Å². The van der Waals surface area contributed by atoms with Crippen LogP contribution in [0.3, 0.4) is 0 Å². The first-order chi connectivity index (χ1) is 9.96. The molecule has 4 nitrogen and oxygen atoms in total. The van der Waals surface area contributed by atoms with Gasteiger partial charge in [-0.25, -0.2) is 0 Å². The molecule has 0 saturated carbocycles. The fourth-order valence-corrected chi connectivity index (χ4v) is 2.69. The molecular weight excluding hydrogens is 264 g/mol. The van der Waals surface area contributed by atoms with E-state index in [-0.39, 0.29) is 18.1 Å². The summed E-state index contributed by atoms with van der Waals surface area (Å²) in [4.78, 5) is 12.3. The van der Waals surface area contributed by atoms with Gasteiger partial charge in [-0.3, -0.25) is 4.79 Å². The number of benzene rings is 1. The highest BCUT2D eigenvalue weighted by Crippen LogP contribution is 2.24. The summed E-state index contributed by atoms with van der Waals surface area (Å²) in [5.41, 5.74) is 7.57. The number of rotatable bonds is 5. The zero-order valence-corrected chi connectivity index (χ0v) is 13.2. The molecule has 2 atom stereocenters. The molecular formula is C17H26N2O2. The monoisotopic (exact) mass is 290 g/mol. The third kappa shape index (κ3) is 3.83. The van der Waals surface area contributed by atoms with Crippen molar-refractivity contribution in [1.29, 1.82) is 0 Å². The van der Waals surface area contributed by atoms with Crippen LogP contribution in [0.15, 0.2) is 24.3 Å². The highest BCUT2D eigenvalue weighted by atomic mass is 16.5. The zero-order chi connectivity index (χ0) is 15.5. The van der Waals surface area contributed by atoms with Crippen LogP contribution in [0.5, 0.6) is 0 Å². The molecule has 2 rings (SSSR count). The minimum absolute atomic E-state index is 0.0210. The minimum Gasteiger partial charge on any atom is -0.364 e. The van der Waals surface area contributed by atoms with Gasteiger partial charge in [-0.1, -0.05) is 31.2 Å². The third-order valence-electron chi connectivity index (χ3n) is 4.18. The first kappa shape index (κ1) is 16.0. The maximum absolute atomic E-state index is 12.3. The lowest BCUT2D eigenvalue weighted by Gasteiger charge is -2.28. The summed E-state index contributed by atoms with van der Waals surface area (Å²) in [7, 11) is 0. The second kappa shape index (κ2) is 6.58. The van der Waals surface area contributed by atoms with Gasteiger partial charge < -0.3 is 15.8 Å². The largest absolute Gasteiger partial charge is 0.364 e. The van der Waals surface area contributed by atoms with Crippen LogP contribution in [0.2, 0.25) is 0 Å². The zero-order valence-electron chi connectivity index (χ0n) is 13.2. The van der Waals surface area contributed by atoms with Crippen LogP contribution >= 0.6 is 0 Å². The Morgan fingerprint density at radius 3 is 2.52 bits per heavy atom. The second-order valence-corrected chi connectivity index (χ2v) is 6.22. The van der Waals surface area contributed by atoms with Crippen LogP contribution in [0.1, 0.15) is 44.7 Å². The van der Waals surface area contributed by atoms with Crippen molar-refractivity contribution in [2.45, 2.75) is 57.8 Å². The van der Waals surface area contributed by atoms with Crippen molar-refractivity contribution in [2.24, 2.45) is 5.73 Å². The highest BCUT2D eigenvalue weighted by molar-refractivity contribution is 5.81. The normalized spacial score (nSPS) is 22.3. The Morgan fingerprint density at radius 1 is 1.33 bits per heavy atom. The Hall–Kier alpha value is -1.39. The Kier molecular flexibility index (Phi) is 5.01. The lowest BCUT2D eigenvalue weighted by molar-refractivity contribution is -0.133. The first-order valence-electron chi connectivity index (χ1n) is 7.73. The minimum atomic E-state index is -0.409. The number of carbonyl (C=O) groups excluding carboxylic acids is 1. The SMILES string of the molecule is CCc1ccc(C(C)(C)NC(=O)[C@@H]2CC[C@H](CN)O2)cc1. The summed E-state index contributed by atoms with van der Waals surface area (Å²) >= 11 is 0. The average Bonchev–Trinajstić information content (AvgIpc) is 2.96. The van der Waals surface area contributed by atoms with E-state index < -0.39 is 5.54 Å². The molecule has 3 N–H and O–H groups in total. The van der Waals surface area contributed by atoms with Gasteiger partial charge in [-0.2, -0.15) is 0 Å². The van der Waals surface area contributed by atoms with Crippen molar-refractivity contribution in [3.8, 4) is 0 Å². The molecule has 0 aromatic heterocycles. The van der Waals surface area contributed by atoms with Gasteiger partial charge in [0.1, 0.15) is 6.10 Å². The highest BCUT2D eigenvalue weighted by Gasteiger charge is 2.33. The molecule has 1 saturated heterocycles. The van der Waals surface area contributed by atoms with Crippen molar-refractivity contribution in [1.82, 2.24) is 5.32 Å². The lowest BCUT2D eigenvalue weighted by Crippen LogP contribution is -2.46. The Bertz CT molecular complexity index is 482. The smallest absolute Gasteiger partial charge is 0.249 e. The molecule has 0 bridgehead atoms. The van der Waals surface area contributed by atoms with Gasteiger partial charge in [0.15, 0.2) is 0 Å². The van der Waals surface area contributed by atoms with Gasteiger partial charge in [0.2, 0.25) is 5.91 Å². The van der Waals surface area contributed by atoms with Crippen LogP contribution in [-0.2, 0) is 21.5 Å². The maximum Gasteiger partial charge on any atom is 0.249 e. The molecule has 1 aromatic carbocycles. The number of nitrogens with two attached hydrogens (primary N) is 1. The fourth-order valence-electron chi connectivity index (χ4n) is 2.69. The Morgan fingerprint density at radius 2 is 2.00 bits per heavy atom. The van der Waals surface area contributed by atoms with Gasteiger partial charge in [0.05, 0.1) is 11.6 Å². The molecule has 0 radical (unpaired) electrons. The van der Waals surface area contributed by atoms with Crippen molar-refractivity contribution in [3.05, 3.63) is 35.4 Å².